The van der Waals surface area contributed by atoms with Crippen LogP contribution >= 0.6 is 0 Å². The maximum Gasteiger partial charge on any atom is 0.409 e. The fourth-order valence-corrected chi connectivity index (χ4v) is 2.06. The number of carbonyl (C=O) groups excluding carboxylic acids is 2. The molecule has 1 N–H and O–H groups in total. The predicted molar refractivity (Wildman–Crippen MR) is 72.4 cm³/mol. The summed E-state index contributed by atoms with van der Waals surface area (Å²) >= 11 is 0. The van der Waals surface area contributed by atoms with Crippen molar-refractivity contribution in [1.29, 1.82) is 0 Å². The molecule has 1 fully saturated rings. The van der Waals surface area contributed by atoms with Gasteiger partial charge in [0.1, 0.15) is 5.54 Å². The number of ether oxygens (including phenoxy) is 2. The number of hydrogen-bond donors (Lipinski definition) is 1. The van der Waals surface area contributed by atoms with E-state index < -0.39 is 22.5 Å². The molecule has 0 aromatic heterocycles. The van der Waals surface area contributed by atoms with Crippen LogP contribution in [0, 0.1) is 10.1 Å². The molecule has 120 valence electrons. The molecule has 0 bridgehead atoms. The Morgan fingerprint density at radius 2 is 2.10 bits per heavy atom. The number of unbranched alkanes of at least 4 members (excludes halogenated alkanes) is 1. The van der Waals surface area contributed by atoms with Gasteiger partial charge in [-0.15, -0.1) is 0 Å². The molecule has 0 unspecified atom stereocenters. The maximum atomic E-state index is 11.7. The van der Waals surface area contributed by atoms with Gasteiger partial charge in [0.15, 0.2) is 0 Å². The van der Waals surface area contributed by atoms with Gasteiger partial charge in [-0.2, -0.15) is 0 Å². The highest BCUT2D eigenvalue weighted by atomic mass is 16.6. The Labute approximate surface area is 122 Å². The number of rotatable bonds is 8. The molecule has 9 nitrogen and oxygen atoms in total. The third kappa shape index (κ3) is 5.18. The van der Waals surface area contributed by atoms with E-state index >= 15 is 0 Å². The number of amides is 1. The molecule has 0 spiro atoms. The maximum absolute atomic E-state index is 11.7. The zero-order valence-electron chi connectivity index (χ0n) is 12.3. The summed E-state index contributed by atoms with van der Waals surface area (Å²) in [6.07, 6.45) is 1.21. The van der Waals surface area contributed by atoms with Crippen molar-refractivity contribution in [3.05, 3.63) is 10.1 Å². The largest absolute Gasteiger partial charge is 0.468 e. The number of nitrogens with zero attached hydrogens (tertiary/aromatic N) is 2. The van der Waals surface area contributed by atoms with E-state index in [2.05, 4.69) is 10.1 Å². The lowest BCUT2D eigenvalue weighted by atomic mass is 9.90. The second kappa shape index (κ2) is 7.77. The summed E-state index contributed by atoms with van der Waals surface area (Å²) in [7, 11) is 1.24. The zero-order valence-corrected chi connectivity index (χ0v) is 12.3. The Balaban J connectivity index is 2.47. The quantitative estimate of drug-likeness (QED) is 0.291. The van der Waals surface area contributed by atoms with Crippen LogP contribution in [0.5, 0.6) is 0 Å². The van der Waals surface area contributed by atoms with Crippen LogP contribution in [0.15, 0.2) is 0 Å². The van der Waals surface area contributed by atoms with Crippen molar-refractivity contribution in [2.24, 2.45) is 0 Å². The lowest BCUT2D eigenvalue weighted by Crippen LogP contribution is -2.73. The van der Waals surface area contributed by atoms with Gasteiger partial charge in [-0.3, -0.25) is 20.2 Å². The Hall–Kier alpha value is -1.90. The van der Waals surface area contributed by atoms with Gasteiger partial charge in [0.2, 0.25) is 6.54 Å². The number of likely N-dealkylation sites (tertiary alicyclic amines) is 1. The van der Waals surface area contributed by atoms with Gasteiger partial charge in [0.05, 0.1) is 33.4 Å². The monoisotopic (exact) mass is 303 g/mol. The van der Waals surface area contributed by atoms with Gasteiger partial charge in [-0.1, -0.05) is 13.3 Å². The number of carbonyl (C=O) groups is 2. The molecule has 0 atom stereocenters. The van der Waals surface area contributed by atoms with Crippen molar-refractivity contribution in [1.82, 2.24) is 10.2 Å². The number of esters is 1. The lowest BCUT2D eigenvalue weighted by Gasteiger charge is -2.46. The molecule has 0 aliphatic carbocycles. The molecule has 0 aromatic rings. The van der Waals surface area contributed by atoms with Crippen molar-refractivity contribution < 1.29 is 24.0 Å². The molecule has 0 saturated carbocycles. The normalized spacial score (nSPS) is 16.0. The minimum Gasteiger partial charge on any atom is -0.468 e. The minimum absolute atomic E-state index is 0.135. The van der Waals surface area contributed by atoms with Crippen LogP contribution in [-0.4, -0.2) is 67.3 Å². The van der Waals surface area contributed by atoms with Crippen molar-refractivity contribution >= 4 is 12.1 Å². The fourth-order valence-electron chi connectivity index (χ4n) is 2.06. The average Bonchev–Trinajstić information content (AvgIpc) is 2.40. The van der Waals surface area contributed by atoms with Gasteiger partial charge in [0.25, 0.3) is 0 Å². The van der Waals surface area contributed by atoms with E-state index in [9.17, 15) is 19.7 Å². The molecule has 1 rings (SSSR count). The molecule has 0 radical (unpaired) electrons. The van der Waals surface area contributed by atoms with E-state index in [-0.39, 0.29) is 26.2 Å². The molecule has 1 amide bonds. The summed E-state index contributed by atoms with van der Waals surface area (Å²) in [5.74, 6) is -0.512. The van der Waals surface area contributed by atoms with E-state index in [0.717, 1.165) is 12.8 Å². The summed E-state index contributed by atoms with van der Waals surface area (Å²) in [6, 6.07) is 0. The van der Waals surface area contributed by atoms with Gasteiger partial charge < -0.3 is 14.4 Å². The fraction of sp³-hybridized carbons (Fsp3) is 0.833. The second-order valence-corrected chi connectivity index (χ2v) is 5.02. The first kappa shape index (κ1) is 17.2. The van der Waals surface area contributed by atoms with Crippen molar-refractivity contribution in [3.8, 4) is 0 Å². The molecule has 1 aliphatic heterocycles. The van der Waals surface area contributed by atoms with Crippen LogP contribution in [0.25, 0.3) is 0 Å². The van der Waals surface area contributed by atoms with Gasteiger partial charge in [-0.05, 0) is 6.42 Å². The van der Waals surface area contributed by atoms with Crippen LogP contribution in [0.4, 0.5) is 4.79 Å². The van der Waals surface area contributed by atoms with Crippen LogP contribution < -0.4 is 5.32 Å². The molecule has 9 heteroatoms. The predicted octanol–water partition coefficient (Wildman–Crippen LogP) is 0.0168. The Morgan fingerprint density at radius 3 is 2.62 bits per heavy atom. The molecule has 1 saturated heterocycles. The van der Waals surface area contributed by atoms with E-state index in [0.29, 0.717) is 6.61 Å². The Bertz CT molecular complexity index is 394. The van der Waals surface area contributed by atoms with Gasteiger partial charge in [0, 0.05) is 4.92 Å². The standard InChI is InChI=1S/C12H21N3O6/c1-3-4-5-21-11(17)14-7-12(8-14,9-15(18)19)13-6-10(16)20-2/h13H,3-9H2,1-2H3. The zero-order chi connectivity index (χ0) is 15.9. The molecular weight excluding hydrogens is 282 g/mol. The first-order chi connectivity index (χ1) is 9.92. The number of methoxy groups -OCH3 is 1. The van der Waals surface area contributed by atoms with E-state index in [1.807, 2.05) is 6.92 Å². The van der Waals surface area contributed by atoms with Gasteiger partial charge in [-0.25, -0.2) is 4.79 Å². The smallest absolute Gasteiger partial charge is 0.409 e. The Kier molecular flexibility index (Phi) is 6.35. The molecule has 1 aliphatic rings. The summed E-state index contributed by atoms with van der Waals surface area (Å²) in [4.78, 5) is 34.4. The lowest BCUT2D eigenvalue weighted by molar-refractivity contribution is -0.494. The number of nitrogens with one attached hydrogen (secondary N) is 1. The molecular formula is C12H21N3O6. The highest BCUT2D eigenvalue weighted by Crippen LogP contribution is 2.22. The summed E-state index contributed by atoms with van der Waals surface area (Å²) in [5.41, 5.74) is -0.901. The van der Waals surface area contributed by atoms with Gasteiger partial charge >= 0.3 is 12.1 Å². The van der Waals surface area contributed by atoms with Crippen molar-refractivity contribution in [2.45, 2.75) is 25.3 Å². The van der Waals surface area contributed by atoms with Crippen molar-refractivity contribution in [3.63, 3.8) is 0 Å². The van der Waals surface area contributed by atoms with Crippen molar-refractivity contribution in [2.75, 3.05) is 39.9 Å². The third-order valence-corrected chi connectivity index (χ3v) is 3.24. The van der Waals surface area contributed by atoms with Crippen LogP contribution in [0.1, 0.15) is 19.8 Å². The van der Waals surface area contributed by atoms with E-state index in [1.165, 1.54) is 12.0 Å². The van der Waals surface area contributed by atoms with E-state index in [4.69, 9.17) is 4.74 Å². The minimum atomic E-state index is -0.901. The summed E-state index contributed by atoms with van der Waals surface area (Å²) in [6.45, 7) is 2.08. The number of hydrogen-bond acceptors (Lipinski definition) is 7. The summed E-state index contributed by atoms with van der Waals surface area (Å²) < 4.78 is 9.51. The second-order valence-electron chi connectivity index (χ2n) is 5.02. The highest BCUT2D eigenvalue weighted by Gasteiger charge is 2.49. The first-order valence-corrected chi connectivity index (χ1v) is 6.78. The highest BCUT2D eigenvalue weighted by molar-refractivity contribution is 5.72. The topological polar surface area (TPSA) is 111 Å². The number of nitro groups is 1. The molecule has 1 heterocycles. The van der Waals surface area contributed by atoms with Crippen LogP contribution in [0.3, 0.4) is 0 Å². The molecule has 0 aromatic carbocycles. The van der Waals surface area contributed by atoms with Crippen LogP contribution in [-0.2, 0) is 14.3 Å². The first-order valence-electron chi connectivity index (χ1n) is 6.78. The van der Waals surface area contributed by atoms with E-state index in [1.54, 1.807) is 0 Å². The Morgan fingerprint density at radius 1 is 1.43 bits per heavy atom. The summed E-state index contributed by atoms with van der Waals surface area (Å²) in [5, 5.41) is 13.5. The van der Waals surface area contributed by atoms with Crippen LogP contribution in [0.2, 0.25) is 0 Å². The molecule has 21 heavy (non-hydrogen) atoms. The average molecular weight is 303 g/mol. The third-order valence-electron chi connectivity index (χ3n) is 3.24. The SMILES string of the molecule is CCCCOC(=O)N1CC(C[N+](=O)[O-])(NCC(=O)OC)C1.